The van der Waals surface area contributed by atoms with Gasteiger partial charge in [0.1, 0.15) is 5.82 Å². The zero-order valence-electron chi connectivity index (χ0n) is 11.3. The van der Waals surface area contributed by atoms with E-state index in [4.69, 9.17) is 0 Å². The van der Waals surface area contributed by atoms with E-state index in [2.05, 4.69) is 28.2 Å². The SMILES string of the molecule is CCNC(Cc1cc(F)cc(Br)c1)C1C2CCCC21. The van der Waals surface area contributed by atoms with E-state index in [1.54, 1.807) is 6.07 Å². The number of halogens is 2. The summed E-state index contributed by atoms with van der Waals surface area (Å²) in [6.45, 7) is 3.16. The average Bonchev–Trinajstić information content (AvgIpc) is 2.80. The molecule has 0 amide bonds. The molecule has 3 rings (SSSR count). The molecule has 0 heterocycles. The summed E-state index contributed by atoms with van der Waals surface area (Å²) >= 11 is 3.38. The minimum atomic E-state index is -0.143. The number of nitrogens with one attached hydrogen (secondary N) is 1. The first-order chi connectivity index (χ1) is 9.19. The maximum absolute atomic E-state index is 13.5. The molecule has 2 aliphatic carbocycles. The van der Waals surface area contributed by atoms with Crippen molar-refractivity contribution in [3.63, 3.8) is 0 Å². The topological polar surface area (TPSA) is 12.0 Å². The van der Waals surface area contributed by atoms with Crippen molar-refractivity contribution in [2.45, 2.75) is 38.6 Å². The van der Waals surface area contributed by atoms with E-state index >= 15 is 0 Å². The zero-order valence-corrected chi connectivity index (χ0v) is 12.9. The predicted octanol–water partition coefficient (Wildman–Crippen LogP) is 4.15. The molecule has 2 aliphatic rings. The van der Waals surface area contributed by atoms with Crippen LogP contribution in [0.5, 0.6) is 0 Å². The summed E-state index contributed by atoms with van der Waals surface area (Å²) in [6, 6.07) is 5.77. The quantitative estimate of drug-likeness (QED) is 0.857. The van der Waals surface area contributed by atoms with Crippen LogP contribution in [-0.2, 0) is 6.42 Å². The largest absolute Gasteiger partial charge is 0.314 e. The monoisotopic (exact) mass is 325 g/mol. The molecular formula is C16H21BrFN. The standard InChI is InChI=1S/C16H21BrFN/c1-2-19-15(16-13-4-3-5-14(13)16)8-10-6-11(17)9-12(18)7-10/h6-7,9,13-16,19H,2-5,8H2,1H3. The molecule has 2 saturated carbocycles. The Morgan fingerprint density at radius 3 is 2.68 bits per heavy atom. The highest BCUT2D eigenvalue weighted by atomic mass is 79.9. The Morgan fingerprint density at radius 1 is 1.32 bits per heavy atom. The van der Waals surface area contributed by atoms with E-state index in [0.717, 1.165) is 40.8 Å². The third-order valence-electron chi connectivity index (χ3n) is 4.78. The highest BCUT2D eigenvalue weighted by Gasteiger charge is 2.55. The molecule has 1 N–H and O–H groups in total. The van der Waals surface area contributed by atoms with Gasteiger partial charge in [0.2, 0.25) is 0 Å². The van der Waals surface area contributed by atoms with Crippen molar-refractivity contribution >= 4 is 15.9 Å². The van der Waals surface area contributed by atoms with Crippen molar-refractivity contribution in [1.29, 1.82) is 0 Å². The number of benzene rings is 1. The van der Waals surface area contributed by atoms with E-state index in [1.165, 1.54) is 25.3 Å². The lowest BCUT2D eigenvalue weighted by molar-refractivity contribution is 0.410. The molecule has 19 heavy (non-hydrogen) atoms. The maximum atomic E-state index is 13.5. The molecule has 0 aromatic heterocycles. The fourth-order valence-electron chi connectivity index (χ4n) is 4.06. The van der Waals surface area contributed by atoms with E-state index in [9.17, 15) is 4.39 Å². The van der Waals surface area contributed by atoms with Crippen LogP contribution in [0.15, 0.2) is 22.7 Å². The fraction of sp³-hybridized carbons (Fsp3) is 0.625. The van der Waals surface area contributed by atoms with Crippen molar-refractivity contribution in [3.05, 3.63) is 34.1 Å². The number of hydrogen-bond acceptors (Lipinski definition) is 1. The van der Waals surface area contributed by atoms with Crippen molar-refractivity contribution in [2.24, 2.45) is 17.8 Å². The Morgan fingerprint density at radius 2 is 2.05 bits per heavy atom. The normalized spacial score (nSPS) is 30.2. The van der Waals surface area contributed by atoms with Crippen LogP contribution >= 0.6 is 15.9 Å². The third kappa shape index (κ3) is 2.87. The fourth-order valence-corrected chi connectivity index (χ4v) is 4.58. The van der Waals surface area contributed by atoms with Crippen molar-refractivity contribution < 1.29 is 4.39 Å². The van der Waals surface area contributed by atoms with Crippen molar-refractivity contribution in [2.75, 3.05) is 6.54 Å². The molecule has 0 radical (unpaired) electrons. The second-order valence-electron chi connectivity index (χ2n) is 5.98. The van der Waals surface area contributed by atoms with Gasteiger partial charge in [-0.25, -0.2) is 4.39 Å². The van der Waals surface area contributed by atoms with Gasteiger partial charge in [-0.15, -0.1) is 0 Å². The molecule has 0 saturated heterocycles. The molecule has 1 aromatic carbocycles. The molecule has 2 fully saturated rings. The molecule has 1 nitrogen and oxygen atoms in total. The molecule has 0 bridgehead atoms. The Labute approximate surface area is 123 Å². The lowest BCUT2D eigenvalue weighted by Crippen LogP contribution is -2.34. The molecular weight excluding hydrogens is 305 g/mol. The van der Waals surface area contributed by atoms with E-state index in [1.807, 2.05) is 6.07 Å². The first-order valence-electron chi connectivity index (χ1n) is 7.37. The van der Waals surface area contributed by atoms with Crippen LogP contribution in [0.1, 0.15) is 31.7 Å². The van der Waals surface area contributed by atoms with Gasteiger partial charge >= 0.3 is 0 Å². The number of fused-ring (bicyclic) bond motifs is 1. The zero-order chi connectivity index (χ0) is 13.4. The molecule has 3 atom stereocenters. The van der Waals surface area contributed by atoms with Gasteiger partial charge in [0.25, 0.3) is 0 Å². The summed E-state index contributed by atoms with van der Waals surface area (Å²) in [4.78, 5) is 0. The first-order valence-corrected chi connectivity index (χ1v) is 8.16. The van der Waals surface area contributed by atoms with E-state index in [-0.39, 0.29) is 5.82 Å². The van der Waals surface area contributed by atoms with E-state index < -0.39 is 0 Å². The molecule has 104 valence electrons. The second-order valence-corrected chi connectivity index (χ2v) is 6.90. The van der Waals surface area contributed by atoms with Gasteiger partial charge in [0.05, 0.1) is 0 Å². The number of likely N-dealkylation sites (N-methyl/N-ethyl adjacent to an activating group) is 1. The van der Waals surface area contributed by atoms with Gasteiger partial charge in [0.15, 0.2) is 0 Å². The Hall–Kier alpha value is -0.410. The smallest absolute Gasteiger partial charge is 0.124 e. The molecule has 3 unspecified atom stereocenters. The molecule has 1 aromatic rings. The lowest BCUT2D eigenvalue weighted by atomic mass is 9.97. The van der Waals surface area contributed by atoms with Crippen molar-refractivity contribution in [1.82, 2.24) is 5.32 Å². The highest BCUT2D eigenvalue weighted by Crippen LogP contribution is 2.59. The minimum absolute atomic E-state index is 0.143. The Kier molecular flexibility index (Phi) is 3.95. The van der Waals surface area contributed by atoms with Gasteiger partial charge in [-0.2, -0.15) is 0 Å². The molecule has 3 heteroatoms. The summed E-state index contributed by atoms with van der Waals surface area (Å²) in [6.07, 6.45) is 5.17. The van der Waals surface area contributed by atoms with E-state index in [0.29, 0.717) is 6.04 Å². The van der Waals surface area contributed by atoms with Crippen molar-refractivity contribution in [3.8, 4) is 0 Å². The summed E-state index contributed by atoms with van der Waals surface area (Å²) in [5.74, 6) is 2.58. The molecule has 0 aliphatic heterocycles. The highest BCUT2D eigenvalue weighted by molar-refractivity contribution is 9.10. The lowest BCUT2D eigenvalue weighted by Gasteiger charge is -2.20. The average molecular weight is 326 g/mol. The van der Waals surface area contributed by atoms with Crippen LogP contribution < -0.4 is 5.32 Å². The van der Waals surface area contributed by atoms with Crippen LogP contribution in [0.3, 0.4) is 0 Å². The number of hydrogen-bond donors (Lipinski definition) is 1. The summed E-state index contributed by atoms with van der Waals surface area (Å²) in [5, 5.41) is 3.62. The van der Waals surface area contributed by atoms with Gasteiger partial charge in [-0.3, -0.25) is 0 Å². The number of rotatable bonds is 5. The van der Waals surface area contributed by atoms with Gasteiger partial charge in [0, 0.05) is 10.5 Å². The third-order valence-corrected chi connectivity index (χ3v) is 5.24. The first kappa shape index (κ1) is 13.6. The minimum Gasteiger partial charge on any atom is -0.314 e. The Balaban J connectivity index is 1.71. The summed E-state index contributed by atoms with van der Waals surface area (Å²) in [5.41, 5.74) is 1.10. The van der Waals surface area contributed by atoms with Crippen LogP contribution in [-0.4, -0.2) is 12.6 Å². The Bertz CT molecular complexity index is 432. The predicted molar refractivity (Wildman–Crippen MR) is 79.6 cm³/mol. The molecule has 0 spiro atoms. The van der Waals surface area contributed by atoms with Crippen LogP contribution in [0.4, 0.5) is 4.39 Å². The maximum Gasteiger partial charge on any atom is 0.124 e. The van der Waals surface area contributed by atoms with Gasteiger partial charge in [-0.1, -0.05) is 29.3 Å². The van der Waals surface area contributed by atoms with Gasteiger partial charge in [-0.05, 0) is 67.3 Å². The summed E-state index contributed by atoms with van der Waals surface area (Å²) < 4.78 is 14.3. The van der Waals surface area contributed by atoms with Crippen LogP contribution in [0.25, 0.3) is 0 Å². The van der Waals surface area contributed by atoms with Gasteiger partial charge < -0.3 is 5.32 Å². The summed E-state index contributed by atoms with van der Waals surface area (Å²) in [7, 11) is 0. The van der Waals surface area contributed by atoms with Crippen LogP contribution in [0, 0.1) is 23.6 Å². The second kappa shape index (κ2) is 5.53. The van der Waals surface area contributed by atoms with Crippen LogP contribution in [0.2, 0.25) is 0 Å².